The van der Waals surface area contributed by atoms with E-state index in [1.807, 2.05) is 23.6 Å². The Kier molecular flexibility index (Phi) is 5.20. The van der Waals surface area contributed by atoms with Crippen LogP contribution in [0.25, 0.3) is 11.3 Å². The van der Waals surface area contributed by atoms with Crippen molar-refractivity contribution in [3.63, 3.8) is 0 Å². The summed E-state index contributed by atoms with van der Waals surface area (Å²) in [5.41, 5.74) is 4.54. The number of carbonyl (C=O) groups excluding carboxylic acids is 2. The smallest absolute Gasteiger partial charge is 0.258 e. The minimum Gasteiger partial charge on any atom is -0.308 e. The summed E-state index contributed by atoms with van der Waals surface area (Å²) in [6.45, 7) is 0.569. The van der Waals surface area contributed by atoms with Gasteiger partial charge in [0, 0.05) is 46.7 Å². The summed E-state index contributed by atoms with van der Waals surface area (Å²) in [5.74, 6) is -0.754. The quantitative estimate of drug-likeness (QED) is 0.491. The number of pyridine rings is 1. The van der Waals surface area contributed by atoms with E-state index in [4.69, 9.17) is 0 Å². The molecule has 1 aliphatic heterocycles. The Bertz CT molecular complexity index is 1310. The number of nitrogens with zero attached hydrogens (tertiary/aromatic N) is 3. The molecule has 0 saturated heterocycles. The van der Waals surface area contributed by atoms with Crippen LogP contribution in [0.4, 0.5) is 15.2 Å². The number of carbonyl (C=O) groups is 2. The monoisotopic (exact) mass is 444 g/mol. The zero-order valence-corrected chi connectivity index (χ0v) is 17.6. The average molecular weight is 444 g/mol. The van der Waals surface area contributed by atoms with Crippen molar-refractivity contribution in [2.45, 2.75) is 6.42 Å². The van der Waals surface area contributed by atoms with Gasteiger partial charge in [0.25, 0.3) is 11.8 Å². The van der Waals surface area contributed by atoms with Crippen molar-refractivity contribution >= 4 is 34.0 Å². The highest BCUT2D eigenvalue weighted by Crippen LogP contribution is 2.34. The third-order valence-corrected chi connectivity index (χ3v) is 6.03. The molecule has 6 nitrogen and oxygen atoms in total. The summed E-state index contributed by atoms with van der Waals surface area (Å²) in [7, 11) is 0. The zero-order valence-electron chi connectivity index (χ0n) is 16.8. The molecule has 0 spiro atoms. The van der Waals surface area contributed by atoms with Crippen LogP contribution >= 0.6 is 11.3 Å². The van der Waals surface area contributed by atoms with Crippen molar-refractivity contribution in [2.75, 3.05) is 16.8 Å². The predicted octanol–water partition coefficient (Wildman–Crippen LogP) is 4.80. The number of halogens is 1. The van der Waals surface area contributed by atoms with Crippen LogP contribution in [-0.4, -0.2) is 28.3 Å². The van der Waals surface area contributed by atoms with Gasteiger partial charge in [-0.25, -0.2) is 9.37 Å². The van der Waals surface area contributed by atoms with Crippen molar-refractivity contribution in [1.82, 2.24) is 9.97 Å². The number of nitrogens with one attached hydrogen (secondary N) is 1. The van der Waals surface area contributed by atoms with Crippen LogP contribution in [0.15, 0.2) is 72.4 Å². The molecule has 0 aliphatic carbocycles. The lowest BCUT2D eigenvalue weighted by atomic mass is 10.1. The normalized spacial score (nSPS) is 12.5. The minimum absolute atomic E-state index is 0.147. The molecule has 8 heteroatoms. The van der Waals surface area contributed by atoms with Crippen LogP contribution in [0.2, 0.25) is 0 Å². The maximum Gasteiger partial charge on any atom is 0.258 e. The van der Waals surface area contributed by atoms with Gasteiger partial charge in [0.05, 0.1) is 5.69 Å². The summed E-state index contributed by atoms with van der Waals surface area (Å²) in [5, 5.41) is 5.20. The zero-order chi connectivity index (χ0) is 22.1. The first kappa shape index (κ1) is 20.0. The van der Waals surface area contributed by atoms with Crippen molar-refractivity contribution in [2.24, 2.45) is 0 Å². The Labute approximate surface area is 187 Å². The molecule has 3 heterocycles. The molecular weight excluding hydrogens is 427 g/mol. The average Bonchev–Trinajstić information content (AvgIpc) is 3.46. The predicted molar refractivity (Wildman–Crippen MR) is 122 cm³/mol. The van der Waals surface area contributed by atoms with E-state index < -0.39 is 0 Å². The number of fused-ring (bicyclic) bond motifs is 1. The first-order valence-electron chi connectivity index (χ1n) is 9.96. The van der Waals surface area contributed by atoms with Crippen LogP contribution < -0.4 is 10.2 Å². The van der Waals surface area contributed by atoms with Gasteiger partial charge >= 0.3 is 0 Å². The van der Waals surface area contributed by atoms with Crippen LogP contribution in [0, 0.1) is 5.82 Å². The Hall–Kier alpha value is -3.91. The second-order valence-electron chi connectivity index (χ2n) is 7.29. The summed E-state index contributed by atoms with van der Waals surface area (Å²) in [6.07, 6.45) is 3.86. The van der Waals surface area contributed by atoms with E-state index in [9.17, 15) is 14.0 Å². The fourth-order valence-electron chi connectivity index (χ4n) is 3.66. The topological polar surface area (TPSA) is 75.2 Å². The second-order valence-corrected chi connectivity index (χ2v) is 8.14. The van der Waals surface area contributed by atoms with E-state index in [0.717, 1.165) is 28.9 Å². The van der Waals surface area contributed by atoms with Crippen molar-refractivity contribution < 1.29 is 14.0 Å². The van der Waals surface area contributed by atoms with Crippen LogP contribution in [0.5, 0.6) is 0 Å². The van der Waals surface area contributed by atoms with Gasteiger partial charge in [-0.15, -0.1) is 11.3 Å². The summed E-state index contributed by atoms with van der Waals surface area (Å²) in [6, 6.07) is 14.7. The molecule has 2 aromatic carbocycles. The Morgan fingerprint density at radius 2 is 1.78 bits per heavy atom. The number of amides is 2. The number of thiazole rings is 1. The molecule has 0 bridgehead atoms. The number of benzene rings is 2. The van der Waals surface area contributed by atoms with E-state index in [1.54, 1.807) is 29.4 Å². The molecule has 4 aromatic rings. The second kappa shape index (κ2) is 8.32. The Morgan fingerprint density at radius 1 is 1.00 bits per heavy atom. The lowest BCUT2D eigenvalue weighted by molar-refractivity contribution is 0.0987. The lowest BCUT2D eigenvalue weighted by Crippen LogP contribution is -2.28. The molecule has 158 valence electrons. The van der Waals surface area contributed by atoms with Gasteiger partial charge in [0.2, 0.25) is 0 Å². The van der Waals surface area contributed by atoms with Gasteiger partial charge in [0.1, 0.15) is 5.82 Å². The van der Waals surface area contributed by atoms with Crippen molar-refractivity contribution in [3.05, 3.63) is 94.9 Å². The van der Waals surface area contributed by atoms with E-state index >= 15 is 0 Å². The summed E-state index contributed by atoms with van der Waals surface area (Å²) < 4.78 is 13.2. The highest BCUT2D eigenvalue weighted by atomic mass is 32.1. The Morgan fingerprint density at radius 3 is 2.56 bits per heavy atom. The first-order chi connectivity index (χ1) is 15.6. The Balaban J connectivity index is 1.33. The standard InChI is InChI=1S/C24H17FN4O2S/c25-19-4-1-16(2-5-19)23(31)29-12-9-18-13-17(3-6-21(18)29)20-14-32-24(27-20)28-22(30)15-7-10-26-11-8-15/h1-8,10-11,13-14H,9,12H2,(H,27,28,30). The van der Waals surface area contributed by atoms with Crippen LogP contribution in [0.1, 0.15) is 26.3 Å². The highest BCUT2D eigenvalue weighted by molar-refractivity contribution is 7.14. The summed E-state index contributed by atoms with van der Waals surface area (Å²) in [4.78, 5) is 35.3. The number of hydrogen-bond acceptors (Lipinski definition) is 5. The minimum atomic E-state index is -0.368. The SMILES string of the molecule is O=C(Nc1nc(-c2ccc3c(c2)CCN3C(=O)c2ccc(F)cc2)cs1)c1ccncc1. The molecule has 5 rings (SSSR count). The first-order valence-corrected chi connectivity index (χ1v) is 10.8. The number of anilines is 2. The van der Waals surface area contributed by atoms with E-state index in [1.165, 1.54) is 35.6 Å². The largest absolute Gasteiger partial charge is 0.308 e. The van der Waals surface area contributed by atoms with Gasteiger partial charge in [0.15, 0.2) is 5.13 Å². The summed E-state index contributed by atoms with van der Waals surface area (Å²) >= 11 is 1.35. The van der Waals surface area contributed by atoms with Gasteiger partial charge in [-0.3, -0.25) is 19.9 Å². The molecule has 0 atom stereocenters. The third-order valence-electron chi connectivity index (χ3n) is 5.27. The van der Waals surface area contributed by atoms with E-state index in [0.29, 0.717) is 22.8 Å². The molecule has 0 saturated carbocycles. The molecule has 2 amide bonds. The van der Waals surface area contributed by atoms with Gasteiger partial charge in [-0.1, -0.05) is 6.07 Å². The van der Waals surface area contributed by atoms with Gasteiger partial charge in [-0.2, -0.15) is 0 Å². The number of aromatic nitrogens is 2. The van der Waals surface area contributed by atoms with E-state index in [-0.39, 0.29) is 17.6 Å². The fraction of sp³-hybridized carbons (Fsp3) is 0.0833. The molecule has 0 unspecified atom stereocenters. The van der Waals surface area contributed by atoms with E-state index in [2.05, 4.69) is 15.3 Å². The van der Waals surface area contributed by atoms with Gasteiger partial charge in [-0.05, 0) is 60.5 Å². The molecule has 1 N–H and O–H groups in total. The molecule has 2 aromatic heterocycles. The molecule has 1 aliphatic rings. The van der Waals surface area contributed by atoms with Crippen molar-refractivity contribution in [3.8, 4) is 11.3 Å². The molecule has 0 radical (unpaired) electrons. The van der Waals surface area contributed by atoms with Crippen LogP contribution in [-0.2, 0) is 6.42 Å². The fourth-order valence-corrected chi connectivity index (χ4v) is 4.37. The van der Waals surface area contributed by atoms with Crippen LogP contribution in [0.3, 0.4) is 0 Å². The van der Waals surface area contributed by atoms with Gasteiger partial charge < -0.3 is 4.90 Å². The molecular formula is C24H17FN4O2S. The highest BCUT2D eigenvalue weighted by Gasteiger charge is 2.26. The number of rotatable bonds is 4. The maximum absolute atomic E-state index is 13.2. The molecule has 32 heavy (non-hydrogen) atoms. The van der Waals surface area contributed by atoms with Crippen molar-refractivity contribution in [1.29, 1.82) is 0 Å². The maximum atomic E-state index is 13.2. The lowest BCUT2D eigenvalue weighted by Gasteiger charge is -2.17. The molecule has 0 fully saturated rings. The third kappa shape index (κ3) is 3.88. The number of hydrogen-bond donors (Lipinski definition) is 1.